The molecule has 0 spiro atoms. The second-order valence-electron chi connectivity index (χ2n) is 5.19. The van der Waals surface area contributed by atoms with E-state index < -0.39 is 0 Å². The van der Waals surface area contributed by atoms with Gasteiger partial charge in [-0.1, -0.05) is 25.7 Å². The minimum absolute atomic E-state index is 0.235. The molecule has 6 heteroatoms. The smallest absolute Gasteiger partial charge is 0.271 e. The molecule has 2 rings (SSSR count). The molecule has 0 aliphatic heterocycles. The Balaban J connectivity index is 1.66. The van der Waals surface area contributed by atoms with Crippen LogP contribution in [0.1, 0.15) is 49.0 Å². The number of hydrogen-bond acceptors (Lipinski definition) is 4. The van der Waals surface area contributed by atoms with Crippen LogP contribution in [0.2, 0.25) is 0 Å². The largest absolute Gasteiger partial charge is 0.349 e. The van der Waals surface area contributed by atoms with E-state index in [1.54, 1.807) is 0 Å². The van der Waals surface area contributed by atoms with Crippen molar-refractivity contribution in [3.05, 3.63) is 28.4 Å². The quantitative estimate of drug-likeness (QED) is 0.549. The van der Waals surface area contributed by atoms with Gasteiger partial charge in [-0.2, -0.15) is 0 Å². The Bertz CT molecular complexity index is 458. The summed E-state index contributed by atoms with van der Waals surface area (Å²) in [7, 11) is 0. The Morgan fingerprint density at radius 3 is 2.65 bits per heavy atom. The van der Waals surface area contributed by atoms with Gasteiger partial charge in [0.1, 0.15) is 5.69 Å². The highest BCUT2D eigenvalue weighted by Gasteiger charge is 2.11. The van der Waals surface area contributed by atoms with Crippen molar-refractivity contribution in [2.75, 3.05) is 13.1 Å². The summed E-state index contributed by atoms with van der Waals surface area (Å²) in [5.74, 6) is -0.260. The number of aromatic nitrogens is 2. The van der Waals surface area contributed by atoms with Crippen molar-refractivity contribution >= 4 is 5.91 Å². The van der Waals surface area contributed by atoms with Crippen LogP contribution in [-0.4, -0.2) is 35.0 Å². The van der Waals surface area contributed by atoms with Crippen molar-refractivity contribution in [2.24, 2.45) is 0 Å². The molecule has 0 radical (unpaired) electrons. The van der Waals surface area contributed by atoms with Crippen LogP contribution in [0, 0.1) is 0 Å². The Kier molecular flexibility index (Phi) is 5.73. The number of amides is 1. The van der Waals surface area contributed by atoms with Gasteiger partial charge < -0.3 is 15.6 Å². The number of carbonyl (C=O) groups excluding carboxylic acids is 1. The molecule has 20 heavy (non-hydrogen) atoms. The highest BCUT2D eigenvalue weighted by Crippen LogP contribution is 2.16. The van der Waals surface area contributed by atoms with Crippen LogP contribution in [0.5, 0.6) is 0 Å². The minimum atomic E-state index is -0.309. The van der Waals surface area contributed by atoms with E-state index in [-0.39, 0.29) is 17.2 Å². The molecule has 1 amide bonds. The van der Waals surface area contributed by atoms with Crippen LogP contribution < -0.4 is 16.2 Å². The zero-order chi connectivity index (χ0) is 14.2. The maximum atomic E-state index is 11.7. The van der Waals surface area contributed by atoms with Gasteiger partial charge in [0.25, 0.3) is 11.5 Å². The molecule has 0 atom stereocenters. The molecule has 1 aromatic rings. The van der Waals surface area contributed by atoms with E-state index in [4.69, 9.17) is 0 Å². The molecule has 1 aliphatic rings. The van der Waals surface area contributed by atoms with Crippen LogP contribution in [0.25, 0.3) is 0 Å². The summed E-state index contributed by atoms with van der Waals surface area (Å²) in [6, 6.07) is 0.584. The summed E-state index contributed by atoms with van der Waals surface area (Å²) < 4.78 is 0. The van der Waals surface area contributed by atoms with Crippen LogP contribution in [0.4, 0.5) is 0 Å². The number of nitrogens with one attached hydrogen (secondary N) is 3. The van der Waals surface area contributed by atoms with Gasteiger partial charge in [-0.3, -0.25) is 9.59 Å². The SMILES string of the molecule is O=C(NCCNC1CCCCCC1)c1c[nH]c(=O)cn1. The molecular formula is C14H22N4O2. The molecule has 6 nitrogen and oxygen atoms in total. The van der Waals surface area contributed by atoms with Gasteiger partial charge in [-0.05, 0) is 12.8 Å². The van der Waals surface area contributed by atoms with E-state index >= 15 is 0 Å². The average molecular weight is 278 g/mol. The van der Waals surface area contributed by atoms with Crippen LogP contribution >= 0.6 is 0 Å². The number of hydrogen-bond donors (Lipinski definition) is 3. The van der Waals surface area contributed by atoms with Crippen molar-refractivity contribution in [1.82, 2.24) is 20.6 Å². The van der Waals surface area contributed by atoms with E-state index in [0.29, 0.717) is 12.6 Å². The van der Waals surface area contributed by atoms with E-state index in [1.807, 2.05) is 0 Å². The van der Waals surface area contributed by atoms with Gasteiger partial charge in [0.2, 0.25) is 0 Å². The third kappa shape index (κ3) is 4.77. The lowest BCUT2D eigenvalue weighted by Crippen LogP contribution is -2.37. The summed E-state index contributed by atoms with van der Waals surface area (Å²) in [4.78, 5) is 28.8. The van der Waals surface area contributed by atoms with E-state index in [1.165, 1.54) is 44.7 Å². The zero-order valence-electron chi connectivity index (χ0n) is 11.7. The van der Waals surface area contributed by atoms with Gasteiger partial charge in [0.05, 0.1) is 6.20 Å². The van der Waals surface area contributed by atoms with Crippen molar-refractivity contribution in [2.45, 2.75) is 44.6 Å². The number of aromatic amines is 1. The number of rotatable bonds is 5. The Labute approximate surface area is 118 Å². The highest BCUT2D eigenvalue weighted by atomic mass is 16.2. The fraction of sp³-hybridized carbons (Fsp3) is 0.643. The molecule has 0 aromatic carbocycles. The lowest BCUT2D eigenvalue weighted by molar-refractivity contribution is 0.0948. The third-order valence-electron chi connectivity index (χ3n) is 3.60. The van der Waals surface area contributed by atoms with E-state index in [2.05, 4.69) is 20.6 Å². The molecule has 1 aliphatic carbocycles. The maximum Gasteiger partial charge on any atom is 0.271 e. The van der Waals surface area contributed by atoms with Crippen molar-refractivity contribution < 1.29 is 4.79 Å². The fourth-order valence-corrected chi connectivity index (χ4v) is 2.49. The number of nitrogens with zero attached hydrogens (tertiary/aromatic N) is 1. The summed E-state index contributed by atoms with van der Waals surface area (Å²) in [5.41, 5.74) is -0.0735. The third-order valence-corrected chi connectivity index (χ3v) is 3.60. The maximum absolute atomic E-state index is 11.7. The van der Waals surface area contributed by atoms with Crippen LogP contribution in [0.3, 0.4) is 0 Å². The van der Waals surface area contributed by atoms with Gasteiger partial charge in [-0.15, -0.1) is 0 Å². The summed E-state index contributed by atoms with van der Waals surface area (Å²) in [5, 5.41) is 6.27. The van der Waals surface area contributed by atoms with Gasteiger partial charge in [0, 0.05) is 25.3 Å². The summed E-state index contributed by atoms with van der Waals surface area (Å²) in [6.07, 6.45) is 10.2. The van der Waals surface area contributed by atoms with E-state index in [9.17, 15) is 9.59 Å². The molecule has 1 aromatic heterocycles. The number of carbonyl (C=O) groups is 1. The molecular weight excluding hydrogens is 256 g/mol. The van der Waals surface area contributed by atoms with Crippen molar-refractivity contribution in [3.8, 4) is 0 Å². The Morgan fingerprint density at radius 1 is 1.25 bits per heavy atom. The molecule has 1 saturated carbocycles. The standard InChI is InChI=1S/C14H22N4O2/c19-13-10-17-12(9-18-13)14(20)16-8-7-15-11-5-3-1-2-4-6-11/h9-11,15H,1-8H2,(H,16,20)(H,18,19). The first-order valence-corrected chi connectivity index (χ1v) is 7.32. The van der Waals surface area contributed by atoms with Crippen molar-refractivity contribution in [3.63, 3.8) is 0 Å². The molecule has 3 N–H and O–H groups in total. The topological polar surface area (TPSA) is 86.9 Å². The monoisotopic (exact) mass is 278 g/mol. The Hall–Kier alpha value is -1.69. The first-order chi connectivity index (χ1) is 9.75. The van der Waals surface area contributed by atoms with Gasteiger partial charge in [0.15, 0.2) is 0 Å². The fourth-order valence-electron chi connectivity index (χ4n) is 2.49. The first-order valence-electron chi connectivity index (χ1n) is 7.32. The normalized spacial score (nSPS) is 16.6. The van der Waals surface area contributed by atoms with Gasteiger partial charge >= 0.3 is 0 Å². The minimum Gasteiger partial charge on any atom is -0.349 e. The van der Waals surface area contributed by atoms with Gasteiger partial charge in [-0.25, -0.2) is 4.98 Å². The lowest BCUT2D eigenvalue weighted by atomic mass is 10.1. The van der Waals surface area contributed by atoms with Crippen LogP contribution in [0.15, 0.2) is 17.2 Å². The molecule has 0 saturated heterocycles. The lowest BCUT2D eigenvalue weighted by Gasteiger charge is -2.16. The zero-order valence-corrected chi connectivity index (χ0v) is 11.7. The highest BCUT2D eigenvalue weighted by molar-refractivity contribution is 5.91. The second-order valence-corrected chi connectivity index (χ2v) is 5.19. The van der Waals surface area contributed by atoms with Crippen molar-refractivity contribution in [1.29, 1.82) is 0 Å². The first kappa shape index (κ1) is 14.7. The Morgan fingerprint density at radius 2 is 2.00 bits per heavy atom. The predicted octanol–water partition coefficient (Wildman–Crippen LogP) is 0.812. The second kappa shape index (κ2) is 7.79. The average Bonchev–Trinajstić information content (AvgIpc) is 2.73. The van der Waals surface area contributed by atoms with Crippen LogP contribution in [-0.2, 0) is 0 Å². The summed E-state index contributed by atoms with van der Waals surface area (Å²) in [6.45, 7) is 1.33. The molecule has 0 bridgehead atoms. The summed E-state index contributed by atoms with van der Waals surface area (Å²) >= 11 is 0. The predicted molar refractivity (Wildman–Crippen MR) is 76.7 cm³/mol. The molecule has 1 fully saturated rings. The number of H-pyrrole nitrogens is 1. The molecule has 110 valence electrons. The molecule has 0 unspecified atom stereocenters. The van der Waals surface area contributed by atoms with E-state index in [0.717, 1.165) is 12.7 Å². The molecule has 1 heterocycles.